The molecule has 0 unspecified atom stereocenters. The highest BCUT2D eigenvalue weighted by Crippen LogP contribution is 2.19. The normalized spacial score (nSPS) is 14.8. The first-order valence-electron chi connectivity index (χ1n) is 7.91. The molecule has 1 fully saturated rings. The van der Waals surface area contributed by atoms with E-state index in [1.807, 2.05) is 36.1 Å². The van der Waals surface area contributed by atoms with E-state index < -0.39 is 0 Å². The number of nitrogens with zero attached hydrogens (tertiary/aromatic N) is 4. The first-order chi connectivity index (χ1) is 11.2. The number of hydrogen-bond acceptors (Lipinski definition) is 4. The minimum Gasteiger partial charge on any atom is -0.336 e. The van der Waals surface area contributed by atoms with E-state index in [0.29, 0.717) is 23.7 Å². The molecule has 0 aliphatic carbocycles. The van der Waals surface area contributed by atoms with Crippen LogP contribution >= 0.6 is 24.0 Å². The summed E-state index contributed by atoms with van der Waals surface area (Å²) >= 11 is 6.06. The molecule has 0 saturated carbocycles. The van der Waals surface area contributed by atoms with Crippen LogP contribution in [0.2, 0.25) is 5.02 Å². The summed E-state index contributed by atoms with van der Waals surface area (Å²) in [4.78, 5) is 14.7. The second-order valence-electron chi connectivity index (χ2n) is 5.53. The van der Waals surface area contributed by atoms with Gasteiger partial charge in [0.2, 0.25) is 0 Å². The largest absolute Gasteiger partial charge is 0.336 e. The predicted octanol–water partition coefficient (Wildman–Crippen LogP) is 2.34. The minimum absolute atomic E-state index is 0. The van der Waals surface area contributed by atoms with Gasteiger partial charge >= 0.3 is 0 Å². The lowest BCUT2D eigenvalue weighted by molar-refractivity contribution is 0.0759. The maximum atomic E-state index is 12.8. The first-order valence-corrected chi connectivity index (χ1v) is 8.29. The van der Waals surface area contributed by atoms with Crippen LogP contribution in [0, 0.1) is 0 Å². The summed E-state index contributed by atoms with van der Waals surface area (Å²) in [6, 6.07) is 7.40. The van der Waals surface area contributed by atoms with Crippen molar-refractivity contribution in [1.82, 2.24) is 25.2 Å². The number of hydrogen-bond donors (Lipinski definition) is 1. The van der Waals surface area contributed by atoms with Gasteiger partial charge in [0.1, 0.15) is 0 Å². The molecule has 1 amide bonds. The zero-order valence-corrected chi connectivity index (χ0v) is 15.1. The molecule has 1 N–H and O–H groups in total. The van der Waals surface area contributed by atoms with E-state index >= 15 is 0 Å². The van der Waals surface area contributed by atoms with Crippen molar-refractivity contribution in [2.45, 2.75) is 19.8 Å². The zero-order valence-electron chi connectivity index (χ0n) is 13.5. The number of benzene rings is 1. The Hall–Kier alpha value is -1.63. The maximum Gasteiger partial charge on any atom is 0.276 e. The standard InChI is InChI=1S/C16H20ClN5O.ClH/c1-2-14-15(16(23)21-9-4-7-18-8-10-21)19-20-22(14)13-6-3-5-12(17)11-13;/h3,5-6,11,18H,2,4,7-10H2,1H3;1H. The maximum absolute atomic E-state index is 12.8. The third-order valence-electron chi connectivity index (χ3n) is 3.98. The number of carbonyl (C=O) groups is 1. The van der Waals surface area contributed by atoms with E-state index in [2.05, 4.69) is 15.6 Å². The molecule has 1 aromatic heterocycles. The fourth-order valence-electron chi connectivity index (χ4n) is 2.80. The van der Waals surface area contributed by atoms with Gasteiger partial charge in [0.05, 0.1) is 11.4 Å². The number of amides is 1. The van der Waals surface area contributed by atoms with Gasteiger partial charge in [-0.15, -0.1) is 17.5 Å². The number of rotatable bonds is 3. The molecule has 1 aliphatic heterocycles. The van der Waals surface area contributed by atoms with Crippen molar-refractivity contribution in [3.05, 3.63) is 40.7 Å². The Labute approximate surface area is 152 Å². The summed E-state index contributed by atoms with van der Waals surface area (Å²) in [7, 11) is 0. The third-order valence-corrected chi connectivity index (χ3v) is 4.22. The average Bonchev–Trinajstić information content (AvgIpc) is 2.80. The minimum atomic E-state index is -0.0428. The van der Waals surface area contributed by atoms with Crippen molar-refractivity contribution in [2.75, 3.05) is 26.2 Å². The van der Waals surface area contributed by atoms with E-state index in [9.17, 15) is 4.79 Å². The molecular weight excluding hydrogens is 349 g/mol. The van der Waals surface area contributed by atoms with E-state index in [4.69, 9.17) is 11.6 Å². The smallest absolute Gasteiger partial charge is 0.276 e. The highest BCUT2D eigenvalue weighted by molar-refractivity contribution is 6.30. The summed E-state index contributed by atoms with van der Waals surface area (Å²) in [5.74, 6) is -0.0428. The molecular formula is C16H21Cl2N5O. The summed E-state index contributed by atoms with van der Waals surface area (Å²) in [5.41, 5.74) is 2.07. The predicted molar refractivity (Wildman–Crippen MR) is 96.4 cm³/mol. The molecule has 0 spiro atoms. The van der Waals surface area contributed by atoms with Gasteiger partial charge in [0.25, 0.3) is 5.91 Å². The summed E-state index contributed by atoms with van der Waals surface area (Å²) in [6.07, 6.45) is 1.63. The van der Waals surface area contributed by atoms with Gasteiger partial charge in [-0.05, 0) is 37.6 Å². The van der Waals surface area contributed by atoms with Crippen molar-refractivity contribution in [2.24, 2.45) is 0 Å². The third kappa shape index (κ3) is 3.88. The van der Waals surface area contributed by atoms with Gasteiger partial charge in [0.15, 0.2) is 5.69 Å². The van der Waals surface area contributed by atoms with Crippen molar-refractivity contribution in [3.63, 3.8) is 0 Å². The second kappa shape index (κ2) is 8.46. The van der Waals surface area contributed by atoms with Crippen LogP contribution in [0.3, 0.4) is 0 Å². The quantitative estimate of drug-likeness (QED) is 0.901. The molecule has 1 aromatic carbocycles. The van der Waals surface area contributed by atoms with Crippen LogP contribution in [0.4, 0.5) is 0 Å². The lowest BCUT2D eigenvalue weighted by Gasteiger charge is -2.19. The number of halogens is 2. The number of aromatic nitrogens is 3. The number of nitrogens with one attached hydrogen (secondary N) is 1. The molecule has 8 heteroatoms. The molecule has 2 heterocycles. The molecule has 1 aliphatic rings. The van der Waals surface area contributed by atoms with Gasteiger partial charge in [-0.25, -0.2) is 4.68 Å². The average molecular weight is 370 g/mol. The van der Waals surface area contributed by atoms with Gasteiger partial charge in [-0.1, -0.05) is 29.8 Å². The van der Waals surface area contributed by atoms with Crippen LogP contribution in [0.15, 0.2) is 24.3 Å². The second-order valence-corrected chi connectivity index (χ2v) is 5.96. The van der Waals surface area contributed by atoms with Crippen LogP contribution < -0.4 is 5.32 Å². The van der Waals surface area contributed by atoms with Crippen molar-refractivity contribution >= 4 is 29.9 Å². The Morgan fingerprint density at radius 2 is 2.17 bits per heavy atom. The van der Waals surface area contributed by atoms with Gasteiger partial charge in [-0.2, -0.15) is 0 Å². The Morgan fingerprint density at radius 3 is 2.92 bits per heavy atom. The lowest BCUT2D eigenvalue weighted by atomic mass is 10.2. The van der Waals surface area contributed by atoms with E-state index in [1.54, 1.807) is 4.68 Å². The Balaban J connectivity index is 0.00000208. The van der Waals surface area contributed by atoms with Crippen molar-refractivity contribution < 1.29 is 4.79 Å². The van der Waals surface area contributed by atoms with E-state index in [1.165, 1.54) is 0 Å². The fraction of sp³-hybridized carbons (Fsp3) is 0.438. The lowest BCUT2D eigenvalue weighted by Crippen LogP contribution is -2.35. The molecule has 130 valence electrons. The molecule has 2 aromatic rings. The van der Waals surface area contributed by atoms with Gasteiger partial charge < -0.3 is 10.2 Å². The van der Waals surface area contributed by atoms with Crippen LogP contribution in [0.25, 0.3) is 5.69 Å². The molecule has 0 bridgehead atoms. The summed E-state index contributed by atoms with van der Waals surface area (Å²) < 4.78 is 1.70. The van der Waals surface area contributed by atoms with Crippen LogP contribution in [-0.2, 0) is 6.42 Å². The molecule has 3 rings (SSSR count). The first kappa shape index (κ1) is 18.7. The molecule has 6 nitrogen and oxygen atoms in total. The van der Waals surface area contributed by atoms with Gasteiger partial charge in [-0.3, -0.25) is 4.79 Å². The summed E-state index contributed by atoms with van der Waals surface area (Å²) in [5, 5.41) is 12.3. The van der Waals surface area contributed by atoms with Crippen LogP contribution in [-0.4, -0.2) is 52.0 Å². The van der Waals surface area contributed by atoms with Crippen LogP contribution in [0.5, 0.6) is 0 Å². The van der Waals surface area contributed by atoms with Crippen molar-refractivity contribution in [1.29, 1.82) is 0 Å². The monoisotopic (exact) mass is 369 g/mol. The Morgan fingerprint density at radius 1 is 1.33 bits per heavy atom. The highest BCUT2D eigenvalue weighted by atomic mass is 35.5. The van der Waals surface area contributed by atoms with Crippen LogP contribution in [0.1, 0.15) is 29.5 Å². The van der Waals surface area contributed by atoms with Crippen molar-refractivity contribution in [3.8, 4) is 5.69 Å². The molecule has 0 atom stereocenters. The van der Waals surface area contributed by atoms with E-state index in [0.717, 1.165) is 37.4 Å². The molecule has 24 heavy (non-hydrogen) atoms. The molecule has 0 radical (unpaired) electrons. The SMILES string of the molecule is CCc1c(C(=O)N2CCCNCC2)nnn1-c1cccc(Cl)c1.Cl. The molecule has 1 saturated heterocycles. The topological polar surface area (TPSA) is 63.1 Å². The van der Waals surface area contributed by atoms with E-state index in [-0.39, 0.29) is 18.3 Å². The number of carbonyl (C=O) groups excluding carboxylic acids is 1. The highest BCUT2D eigenvalue weighted by Gasteiger charge is 2.24. The zero-order chi connectivity index (χ0) is 16.2. The Kier molecular flexibility index (Phi) is 6.60. The fourth-order valence-corrected chi connectivity index (χ4v) is 2.98. The Bertz CT molecular complexity index is 696. The van der Waals surface area contributed by atoms with Gasteiger partial charge in [0, 0.05) is 24.7 Å². The summed E-state index contributed by atoms with van der Waals surface area (Å²) in [6.45, 7) is 5.21.